The maximum Gasteiger partial charge on any atom is 0.257 e. The Morgan fingerprint density at radius 2 is 1.57 bits per heavy atom. The van der Waals surface area contributed by atoms with Crippen LogP contribution in [0.5, 0.6) is 0 Å². The lowest BCUT2D eigenvalue weighted by Crippen LogP contribution is -2.51. The summed E-state index contributed by atoms with van der Waals surface area (Å²) in [4.78, 5) is 29.0. The first-order chi connectivity index (χ1) is 11.0. The van der Waals surface area contributed by atoms with E-state index in [0.29, 0.717) is 37.6 Å². The molecule has 0 radical (unpaired) electrons. The Hall–Kier alpha value is -1.85. The smallest absolute Gasteiger partial charge is 0.257 e. The molecule has 0 unspecified atom stereocenters. The summed E-state index contributed by atoms with van der Waals surface area (Å²) in [6.45, 7) is 6.34. The fourth-order valence-electron chi connectivity index (χ4n) is 3.80. The molecule has 0 atom stereocenters. The van der Waals surface area contributed by atoms with Crippen molar-refractivity contribution in [3.05, 3.63) is 17.0 Å². The van der Waals surface area contributed by atoms with Gasteiger partial charge in [0.25, 0.3) is 5.91 Å². The number of nitrogens with zero attached hydrogens (tertiary/aromatic N) is 4. The third-order valence-corrected chi connectivity index (χ3v) is 5.31. The van der Waals surface area contributed by atoms with E-state index in [1.165, 1.54) is 12.8 Å². The Bertz CT molecular complexity index is 608. The van der Waals surface area contributed by atoms with Crippen LogP contribution in [0.1, 0.15) is 47.4 Å². The van der Waals surface area contributed by atoms with E-state index in [1.54, 1.807) is 4.68 Å². The number of rotatable bonds is 2. The molecule has 126 valence electrons. The van der Waals surface area contributed by atoms with E-state index < -0.39 is 0 Å². The zero-order valence-corrected chi connectivity index (χ0v) is 14.3. The van der Waals surface area contributed by atoms with E-state index in [0.717, 1.165) is 24.2 Å². The van der Waals surface area contributed by atoms with Gasteiger partial charge in [-0.2, -0.15) is 5.10 Å². The molecule has 0 aromatic carbocycles. The molecule has 1 saturated heterocycles. The van der Waals surface area contributed by atoms with Crippen LogP contribution in [0, 0.1) is 19.8 Å². The van der Waals surface area contributed by atoms with Gasteiger partial charge in [0.15, 0.2) is 0 Å². The third kappa shape index (κ3) is 2.99. The summed E-state index contributed by atoms with van der Waals surface area (Å²) in [5.74, 6) is 0.560. The van der Waals surface area contributed by atoms with Crippen LogP contribution in [0.4, 0.5) is 0 Å². The molecule has 0 spiro atoms. The number of aryl methyl sites for hydroxylation is 2. The van der Waals surface area contributed by atoms with Gasteiger partial charge in [-0.1, -0.05) is 12.8 Å². The summed E-state index contributed by atoms with van der Waals surface area (Å²) in [6, 6.07) is 0. The van der Waals surface area contributed by atoms with E-state index in [4.69, 9.17) is 0 Å². The monoisotopic (exact) mass is 318 g/mol. The Balaban J connectivity index is 1.62. The van der Waals surface area contributed by atoms with Crippen LogP contribution >= 0.6 is 0 Å². The molecular formula is C17H26N4O2. The van der Waals surface area contributed by atoms with Crippen LogP contribution in [0.3, 0.4) is 0 Å². The number of carbonyl (C=O) groups is 2. The van der Waals surface area contributed by atoms with Gasteiger partial charge < -0.3 is 9.80 Å². The lowest BCUT2D eigenvalue weighted by molar-refractivity contribution is -0.136. The second kappa shape index (κ2) is 6.34. The summed E-state index contributed by atoms with van der Waals surface area (Å²) in [7, 11) is 1.86. The molecule has 3 rings (SSSR count). The first-order valence-corrected chi connectivity index (χ1v) is 8.57. The molecule has 1 aromatic heterocycles. The largest absolute Gasteiger partial charge is 0.339 e. The number of carbonyl (C=O) groups excluding carboxylic acids is 2. The van der Waals surface area contributed by atoms with Gasteiger partial charge in [0.2, 0.25) is 5.91 Å². The minimum absolute atomic E-state index is 0.0427. The molecule has 1 aliphatic heterocycles. The number of amides is 2. The lowest BCUT2D eigenvalue weighted by Gasteiger charge is -2.36. The lowest BCUT2D eigenvalue weighted by atomic mass is 10.1. The van der Waals surface area contributed by atoms with Gasteiger partial charge in [0.05, 0.1) is 11.3 Å². The number of hydrogen-bond acceptors (Lipinski definition) is 3. The summed E-state index contributed by atoms with van der Waals surface area (Å²) in [5, 5.41) is 4.33. The molecule has 1 saturated carbocycles. The van der Waals surface area contributed by atoms with Gasteiger partial charge in [0.1, 0.15) is 0 Å². The Morgan fingerprint density at radius 1 is 1.00 bits per heavy atom. The normalized spacial score (nSPS) is 19.4. The van der Waals surface area contributed by atoms with Crippen LogP contribution in [0.25, 0.3) is 0 Å². The molecule has 2 amide bonds. The fourth-order valence-corrected chi connectivity index (χ4v) is 3.80. The topological polar surface area (TPSA) is 58.4 Å². The van der Waals surface area contributed by atoms with E-state index in [2.05, 4.69) is 5.10 Å². The first-order valence-electron chi connectivity index (χ1n) is 8.57. The van der Waals surface area contributed by atoms with Crippen LogP contribution in [-0.4, -0.2) is 57.6 Å². The second-order valence-corrected chi connectivity index (χ2v) is 6.77. The molecule has 0 N–H and O–H groups in total. The number of piperazine rings is 1. The van der Waals surface area contributed by atoms with E-state index in [9.17, 15) is 9.59 Å². The molecule has 6 heteroatoms. The average molecular weight is 318 g/mol. The van der Waals surface area contributed by atoms with Crippen molar-refractivity contribution < 1.29 is 9.59 Å². The minimum atomic E-state index is 0.0427. The van der Waals surface area contributed by atoms with Crippen molar-refractivity contribution in [2.75, 3.05) is 26.2 Å². The van der Waals surface area contributed by atoms with Crippen LogP contribution in [0.15, 0.2) is 0 Å². The highest BCUT2D eigenvalue weighted by molar-refractivity contribution is 5.96. The predicted molar refractivity (Wildman–Crippen MR) is 87.1 cm³/mol. The highest BCUT2D eigenvalue weighted by atomic mass is 16.2. The Morgan fingerprint density at radius 3 is 2.09 bits per heavy atom. The van der Waals surface area contributed by atoms with Crippen molar-refractivity contribution in [1.82, 2.24) is 19.6 Å². The maximum absolute atomic E-state index is 12.8. The summed E-state index contributed by atoms with van der Waals surface area (Å²) < 4.78 is 1.75. The molecule has 1 aliphatic carbocycles. The minimum Gasteiger partial charge on any atom is -0.339 e. The van der Waals surface area contributed by atoms with Crippen LogP contribution in [-0.2, 0) is 11.8 Å². The number of aromatic nitrogens is 2. The Labute approximate surface area is 137 Å². The van der Waals surface area contributed by atoms with E-state index >= 15 is 0 Å². The zero-order valence-electron chi connectivity index (χ0n) is 14.3. The molecule has 0 bridgehead atoms. The molecule has 2 fully saturated rings. The SMILES string of the molecule is Cc1nn(C)c(C)c1C(=O)N1CCN(C(=O)C2CCCC2)CC1. The average Bonchev–Trinajstić information content (AvgIpc) is 3.16. The maximum atomic E-state index is 12.8. The van der Waals surface area contributed by atoms with E-state index in [1.807, 2.05) is 30.7 Å². The van der Waals surface area contributed by atoms with Gasteiger partial charge in [-0.3, -0.25) is 14.3 Å². The van der Waals surface area contributed by atoms with Crippen molar-refractivity contribution >= 4 is 11.8 Å². The van der Waals surface area contributed by atoms with Gasteiger partial charge in [-0.25, -0.2) is 0 Å². The third-order valence-electron chi connectivity index (χ3n) is 5.31. The van der Waals surface area contributed by atoms with Crippen molar-refractivity contribution in [2.45, 2.75) is 39.5 Å². The van der Waals surface area contributed by atoms with Gasteiger partial charge in [-0.15, -0.1) is 0 Å². The molecule has 2 heterocycles. The summed E-state index contributed by atoms with van der Waals surface area (Å²) in [5.41, 5.74) is 2.39. The molecule has 6 nitrogen and oxygen atoms in total. The van der Waals surface area contributed by atoms with Crippen LogP contribution < -0.4 is 0 Å². The number of hydrogen-bond donors (Lipinski definition) is 0. The van der Waals surface area contributed by atoms with Crippen molar-refractivity contribution in [2.24, 2.45) is 13.0 Å². The van der Waals surface area contributed by atoms with Crippen molar-refractivity contribution in [3.63, 3.8) is 0 Å². The predicted octanol–water partition coefficient (Wildman–Crippen LogP) is 1.51. The summed E-state index contributed by atoms with van der Waals surface area (Å²) in [6.07, 6.45) is 4.42. The quantitative estimate of drug-likeness (QED) is 0.830. The van der Waals surface area contributed by atoms with Gasteiger partial charge in [-0.05, 0) is 26.7 Å². The van der Waals surface area contributed by atoms with Crippen molar-refractivity contribution in [3.8, 4) is 0 Å². The summed E-state index contributed by atoms with van der Waals surface area (Å²) >= 11 is 0. The van der Waals surface area contributed by atoms with Gasteiger partial charge in [0, 0.05) is 44.8 Å². The van der Waals surface area contributed by atoms with E-state index in [-0.39, 0.29) is 11.8 Å². The second-order valence-electron chi connectivity index (χ2n) is 6.77. The Kier molecular flexibility index (Phi) is 4.41. The molecular weight excluding hydrogens is 292 g/mol. The van der Waals surface area contributed by atoms with Crippen LogP contribution in [0.2, 0.25) is 0 Å². The first kappa shape index (κ1) is 16.0. The molecule has 1 aromatic rings. The molecule has 2 aliphatic rings. The zero-order chi connectivity index (χ0) is 16.6. The molecule has 23 heavy (non-hydrogen) atoms. The fraction of sp³-hybridized carbons (Fsp3) is 0.706. The van der Waals surface area contributed by atoms with Gasteiger partial charge >= 0.3 is 0 Å². The highest BCUT2D eigenvalue weighted by Gasteiger charge is 2.31. The van der Waals surface area contributed by atoms with Crippen molar-refractivity contribution in [1.29, 1.82) is 0 Å². The standard InChI is InChI=1S/C17H26N4O2/c1-12-15(13(2)19(3)18-12)17(23)21-10-8-20(9-11-21)16(22)14-6-4-5-7-14/h14H,4-11H2,1-3H3. The highest BCUT2D eigenvalue weighted by Crippen LogP contribution is 2.27.